The normalized spacial score (nSPS) is 10.9. The third-order valence-electron chi connectivity index (χ3n) is 4.15. The summed E-state index contributed by atoms with van der Waals surface area (Å²) in [6.07, 6.45) is 0. The van der Waals surface area contributed by atoms with E-state index in [1.807, 2.05) is 38.1 Å². The van der Waals surface area contributed by atoms with Gasteiger partial charge in [0.1, 0.15) is 15.0 Å². The lowest BCUT2D eigenvalue weighted by molar-refractivity contribution is -0.450. The first-order valence-electron chi connectivity index (χ1n) is 9.08. The molecule has 3 aromatic carbocycles. The molecule has 0 aliphatic rings. The van der Waals surface area contributed by atoms with E-state index in [1.54, 1.807) is 24.3 Å². The van der Waals surface area contributed by atoms with Crippen LogP contribution in [0.15, 0.2) is 53.4 Å². The fourth-order valence-electron chi connectivity index (χ4n) is 2.36. The topological polar surface area (TPSA) is 91.3 Å². The van der Waals surface area contributed by atoms with Crippen molar-refractivity contribution in [2.75, 3.05) is 0 Å². The third-order valence-corrected chi connectivity index (χ3v) is 7.23. The SMILES string of the molecule is Cc1ccc(C(=O)[I+]C(=O)c2ccc(C)cc2)cc1.O=S(=O)([O-])c1c(F)c(F)c(F)c(F)c1F. The van der Waals surface area contributed by atoms with Crippen molar-refractivity contribution >= 4 is 17.7 Å². The molecule has 0 bridgehead atoms. The number of carbonyl (C=O) groups excluding carboxylic acids is 2. The predicted octanol–water partition coefficient (Wildman–Crippen LogP) is 1.66. The zero-order valence-corrected chi connectivity index (χ0v) is 20.3. The Balaban J connectivity index is 0.000000248. The molecule has 0 N–H and O–H groups in total. The van der Waals surface area contributed by atoms with Gasteiger partial charge in [-0.05, 0) is 38.1 Å². The smallest absolute Gasteiger partial charge is 0.452 e. The molecule has 0 atom stereocenters. The monoisotopic (exact) mass is 612 g/mol. The van der Waals surface area contributed by atoms with E-state index in [1.165, 1.54) is 0 Å². The highest BCUT2D eigenvalue weighted by atomic mass is 127. The van der Waals surface area contributed by atoms with E-state index in [2.05, 4.69) is 0 Å². The Labute approximate surface area is 201 Å². The van der Waals surface area contributed by atoms with Crippen LogP contribution in [0, 0.1) is 42.9 Å². The average molecular weight is 612 g/mol. The Kier molecular flexibility index (Phi) is 9.02. The molecule has 0 aliphatic heterocycles. The molecule has 180 valence electrons. The van der Waals surface area contributed by atoms with Gasteiger partial charge in [0.25, 0.3) is 0 Å². The lowest BCUT2D eigenvalue weighted by Gasteiger charge is -2.10. The van der Waals surface area contributed by atoms with Gasteiger partial charge in [0, 0.05) is 0 Å². The zero-order chi connectivity index (χ0) is 25.8. The van der Waals surface area contributed by atoms with Gasteiger partial charge >= 0.3 is 28.8 Å². The van der Waals surface area contributed by atoms with Gasteiger partial charge in [-0.3, -0.25) is 0 Å². The predicted molar refractivity (Wildman–Crippen MR) is 105 cm³/mol. The number of hydrogen-bond acceptors (Lipinski definition) is 5. The molecule has 0 fully saturated rings. The third kappa shape index (κ3) is 6.67. The molecule has 12 heteroatoms. The average Bonchev–Trinajstić information content (AvgIpc) is 2.77. The van der Waals surface area contributed by atoms with Crippen molar-refractivity contribution in [3.63, 3.8) is 0 Å². The summed E-state index contributed by atoms with van der Waals surface area (Å²) >= 11 is -1.16. The summed E-state index contributed by atoms with van der Waals surface area (Å²) in [6.45, 7) is 3.95. The van der Waals surface area contributed by atoms with Crippen molar-refractivity contribution in [2.24, 2.45) is 0 Å². The van der Waals surface area contributed by atoms with Crippen LogP contribution in [-0.4, -0.2) is 20.6 Å². The van der Waals surface area contributed by atoms with Crippen LogP contribution in [0.4, 0.5) is 22.0 Å². The van der Waals surface area contributed by atoms with Gasteiger partial charge in [0.05, 0.1) is 11.1 Å². The molecular weight excluding hydrogens is 598 g/mol. The first kappa shape index (κ1) is 27.5. The molecule has 3 rings (SSSR count). The molecular formula is C22H14F5IO5S. The molecule has 0 unspecified atom stereocenters. The minimum atomic E-state index is -5.77. The Hall–Kier alpha value is -2.71. The first-order valence-corrected chi connectivity index (χ1v) is 12.6. The lowest BCUT2D eigenvalue weighted by atomic mass is 10.2. The van der Waals surface area contributed by atoms with Crippen LogP contribution in [0.1, 0.15) is 31.8 Å². The molecule has 0 saturated carbocycles. The standard InChI is InChI=1S/C16H14IO2.C6HF5O3S/c1-11-3-7-13(8-4-11)15(18)17-16(19)14-9-5-12(2)6-10-14;7-1-2(8)4(10)6(15(12,13)14)5(11)3(1)9/h3-10H,1-2H3;(H,12,13,14)/q+1;/p-1. The maximum absolute atomic E-state index is 12.6. The van der Waals surface area contributed by atoms with Gasteiger partial charge in [-0.1, -0.05) is 35.4 Å². The molecule has 0 aromatic heterocycles. The van der Waals surface area contributed by atoms with Gasteiger partial charge in [-0.25, -0.2) is 40.0 Å². The summed E-state index contributed by atoms with van der Waals surface area (Å²) in [7, 11) is -5.77. The number of halogens is 6. The van der Waals surface area contributed by atoms with Crippen LogP contribution in [0.3, 0.4) is 0 Å². The maximum atomic E-state index is 12.6. The summed E-state index contributed by atoms with van der Waals surface area (Å²) in [5.41, 5.74) is 3.50. The van der Waals surface area contributed by atoms with E-state index in [-0.39, 0.29) is 7.58 Å². The quantitative estimate of drug-likeness (QED) is 0.109. The van der Waals surface area contributed by atoms with Crippen LogP contribution in [0.2, 0.25) is 0 Å². The molecule has 0 saturated heterocycles. The Morgan fingerprint density at radius 1 is 0.647 bits per heavy atom. The van der Waals surface area contributed by atoms with E-state index in [0.29, 0.717) is 11.1 Å². The molecule has 0 heterocycles. The second kappa shape index (κ2) is 11.1. The second-order valence-corrected chi connectivity index (χ2v) is 10.5. The van der Waals surface area contributed by atoms with E-state index in [0.717, 1.165) is 11.1 Å². The number of carbonyl (C=O) groups is 2. The van der Waals surface area contributed by atoms with E-state index in [4.69, 9.17) is 0 Å². The largest absolute Gasteiger partial charge is 0.744 e. The molecule has 0 spiro atoms. The number of hydrogen-bond donors (Lipinski definition) is 0. The van der Waals surface area contributed by atoms with Crippen molar-refractivity contribution in [3.8, 4) is 0 Å². The summed E-state index contributed by atoms with van der Waals surface area (Å²) in [6, 6.07) is 14.8. The number of aryl methyl sites for hydroxylation is 2. The Morgan fingerprint density at radius 3 is 1.24 bits per heavy atom. The Morgan fingerprint density at radius 2 is 0.941 bits per heavy atom. The number of rotatable bonds is 5. The molecule has 3 aromatic rings. The van der Waals surface area contributed by atoms with Crippen LogP contribution >= 0.6 is 0 Å². The summed E-state index contributed by atoms with van der Waals surface area (Å²) in [5.74, 6) is -12.8. The number of benzene rings is 3. The van der Waals surface area contributed by atoms with E-state index in [9.17, 15) is 44.5 Å². The highest BCUT2D eigenvalue weighted by molar-refractivity contribution is 7.85. The first-order chi connectivity index (χ1) is 15.7. The zero-order valence-electron chi connectivity index (χ0n) is 17.3. The summed E-state index contributed by atoms with van der Waals surface area (Å²) in [4.78, 5) is 21.7. The van der Waals surface area contributed by atoms with E-state index >= 15 is 0 Å². The summed E-state index contributed by atoms with van der Waals surface area (Å²) in [5, 5.41) is 0. The maximum Gasteiger partial charge on any atom is 0.452 e. The van der Waals surface area contributed by atoms with Gasteiger partial charge in [-0.15, -0.1) is 0 Å². The molecule has 34 heavy (non-hydrogen) atoms. The van der Waals surface area contributed by atoms with Crippen LogP contribution in [-0.2, 0) is 10.1 Å². The minimum absolute atomic E-state index is 0.0237. The molecule has 5 nitrogen and oxygen atoms in total. The lowest BCUT2D eigenvalue weighted by Crippen LogP contribution is -3.67. The Bertz CT molecular complexity index is 1260. The highest BCUT2D eigenvalue weighted by Gasteiger charge is 2.32. The van der Waals surface area contributed by atoms with Gasteiger partial charge < -0.3 is 4.55 Å². The van der Waals surface area contributed by atoms with Crippen LogP contribution in [0.25, 0.3) is 0 Å². The van der Waals surface area contributed by atoms with Crippen molar-refractivity contribution < 1.29 is 65.7 Å². The van der Waals surface area contributed by atoms with Crippen molar-refractivity contribution in [3.05, 3.63) is 99.9 Å². The van der Waals surface area contributed by atoms with Crippen LogP contribution < -0.4 is 21.2 Å². The minimum Gasteiger partial charge on any atom is -0.744 e. The highest BCUT2D eigenvalue weighted by Crippen LogP contribution is 2.26. The second-order valence-electron chi connectivity index (χ2n) is 6.73. The molecule has 0 aliphatic carbocycles. The fraction of sp³-hybridized carbons (Fsp3) is 0.0909. The van der Waals surface area contributed by atoms with Crippen molar-refractivity contribution in [1.82, 2.24) is 0 Å². The van der Waals surface area contributed by atoms with Crippen molar-refractivity contribution in [1.29, 1.82) is 0 Å². The van der Waals surface area contributed by atoms with Crippen LogP contribution in [0.5, 0.6) is 0 Å². The summed E-state index contributed by atoms with van der Waals surface area (Å²) < 4.78 is 92.8. The molecule has 0 amide bonds. The van der Waals surface area contributed by atoms with Gasteiger partial charge in [0.15, 0.2) is 23.3 Å². The fourth-order valence-corrected chi connectivity index (χ4v) is 4.77. The van der Waals surface area contributed by atoms with Gasteiger partial charge in [0.2, 0.25) is 5.82 Å². The van der Waals surface area contributed by atoms with Crippen molar-refractivity contribution in [2.45, 2.75) is 18.7 Å². The molecule has 0 radical (unpaired) electrons. The van der Waals surface area contributed by atoms with Gasteiger partial charge in [-0.2, -0.15) is 0 Å². The van der Waals surface area contributed by atoms with E-state index < -0.39 is 65.3 Å².